The Labute approximate surface area is 131 Å². The Bertz CT molecular complexity index is 728. The van der Waals surface area contributed by atoms with Gasteiger partial charge in [0.25, 0.3) is 0 Å². The molecule has 2 aromatic heterocycles. The fraction of sp³-hybridized carbons (Fsp3) is 0.250. The number of carboxylic acid groups (broad SMARTS) is 1. The first-order valence-corrected chi connectivity index (χ1v) is 7.87. The van der Waals surface area contributed by atoms with E-state index in [1.165, 1.54) is 23.7 Å². The Hall–Kier alpha value is -2.34. The number of carboxylic acids is 1. The molecule has 0 radical (unpaired) electrons. The minimum atomic E-state index is -0.982. The van der Waals surface area contributed by atoms with Gasteiger partial charge in [0.2, 0.25) is 5.91 Å². The highest BCUT2D eigenvalue weighted by Crippen LogP contribution is 2.38. The number of carbonyl (C=O) groups excluding carboxylic acids is 1. The molecule has 114 valence electrons. The third-order valence-electron chi connectivity index (χ3n) is 3.56. The van der Waals surface area contributed by atoms with E-state index < -0.39 is 5.97 Å². The Kier molecular flexibility index (Phi) is 4.11. The standard InChI is InChI=1S/C16H15NO4S/c18-13(8-7-10-4-3-9-21-10)17-15-14(16(19)20)11-5-1-2-6-12(11)22-15/h3-4,7-9H,1-2,5-6H2,(H,17,18)(H,19,20). The molecule has 2 aromatic rings. The highest BCUT2D eigenvalue weighted by Gasteiger charge is 2.25. The molecule has 0 bridgehead atoms. The summed E-state index contributed by atoms with van der Waals surface area (Å²) in [5, 5.41) is 12.5. The van der Waals surface area contributed by atoms with Gasteiger partial charge in [0.15, 0.2) is 0 Å². The van der Waals surface area contributed by atoms with Crippen molar-refractivity contribution in [2.45, 2.75) is 25.7 Å². The second kappa shape index (κ2) is 6.19. The van der Waals surface area contributed by atoms with Crippen LogP contribution in [0.25, 0.3) is 6.08 Å². The summed E-state index contributed by atoms with van der Waals surface area (Å²) in [4.78, 5) is 24.6. The summed E-state index contributed by atoms with van der Waals surface area (Å²) in [6, 6.07) is 3.46. The first-order valence-electron chi connectivity index (χ1n) is 7.05. The molecule has 0 unspecified atom stereocenters. The van der Waals surface area contributed by atoms with Crippen molar-refractivity contribution in [2.24, 2.45) is 0 Å². The molecule has 0 saturated carbocycles. The molecule has 22 heavy (non-hydrogen) atoms. The van der Waals surface area contributed by atoms with Crippen molar-refractivity contribution in [3.63, 3.8) is 0 Å². The topological polar surface area (TPSA) is 79.5 Å². The Morgan fingerprint density at radius 1 is 1.32 bits per heavy atom. The summed E-state index contributed by atoms with van der Waals surface area (Å²) < 4.78 is 5.10. The van der Waals surface area contributed by atoms with E-state index in [1.54, 1.807) is 18.2 Å². The number of fused-ring (bicyclic) bond motifs is 1. The lowest BCUT2D eigenvalue weighted by atomic mass is 9.95. The van der Waals surface area contributed by atoms with Gasteiger partial charge in [0, 0.05) is 11.0 Å². The third-order valence-corrected chi connectivity index (χ3v) is 4.77. The van der Waals surface area contributed by atoms with Crippen molar-refractivity contribution in [1.29, 1.82) is 0 Å². The lowest BCUT2D eigenvalue weighted by Gasteiger charge is -2.10. The fourth-order valence-corrected chi connectivity index (χ4v) is 3.86. The first-order chi connectivity index (χ1) is 10.6. The summed E-state index contributed by atoms with van der Waals surface area (Å²) in [6.45, 7) is 0. The summed E-state index contributed by atoms with van der Waals surface area (Å²) in [5.74, 6) is -0.777. The molecule has 0 fully saturated rings. The van der Waals surface area contributed by atoms with Crippen LogP contribution in [0.2, 0.25) is 0 Å². The summed E-state index contributed by atoms with van der Waals surface area (Å²) in [7, 11) is 0. The largest absolute Gasteiger partial charge is 0.478 e. The van der Waals surface area contributed by atoms with Crippen molar-refractivity contribution in [2.75, 3.05) is 5.32 Å². The van der Waals surface area contributed by atoms with Gasteiger partial charge in [0.05, 0.1) is 11.8 Å². The lowest BCUT2D eigenvalue weighted by Crippen LogP contribution is -2.11. The van der Waals surface area contributed by atoms with Crippen LogP contribution in [0.3, 0.4) is 0 Å². The second-order valence-electron chi connectivity index (χ2n) is 5.06. The number of nitrogens with one attached hydrogen (secondary N) is 1. The number of hydrogen-bond acceptors (Lipinski definition) is 4. The van der Waals surface area contributed by atoms with Gasteiger partial charge in [-0.15, -0.1) is 11.3 Å². The van der Waals surface area contributed by atoms with Crippen LogP contribution in [0.15, 0.2) is 28.9 Å². The number of thiophene rings is 1. The molecule has 3 rings (SSSR count). The van der Waals surface area contributed by atoms with E-state index in [0.29, 0.717) is 10.8 Å². The molecule has 1 aliphatic rings. The van der Waals surface area contributed by atoms with Crippen molar-refractivity contribution < 1.29 is 19.1 Å². The maximum Gasteiger partial charge on any atom is 0.339 e. The second-order valence-corrected chi connectivity index (χ2v) is 6.16. The molecule has 2 N–H and O–H groups in total. The number of carbonyl (C=O) groups is 2. The maximum absolute atomic E-state index is 12.0. The van der Waals surface area contributed by atoms with Crippen LogP contribution in [0.1, 0.15) is 39.4 Å². The number of hydrogen-bond donors (Lipinski definition) is 2. The van der Waals surface area contributed by atoms with Gasteiger partial charge < -0.3 is 14.8 Å². The van der Waals surface area contributed by atoms with Crippen LogP contribution in [-0.2, 0) is 17.6 Å². The van der Waals surface area contributed by atoms with E-state index in [0.717, 1.165) is 36.1 Å². The summed E-state index contributed by atoms with van der Waals surface area (Å²) in [6.07, 6.45) is 8.12. The SMILES string of the molecule is O=C(C=Cc1ccco1)Nc1sc2c(c1C(=O)O)CCCC2. The first kappa shape index (κ1) is 14.6. The van der Waals surface area contributed by atoms with Crippen molar-refractivity contribution in [1.82, 2.24) is 0 Å². The summed E-state index contributed by atoms with van der Waals surface area (Å²) in [5.41, 5.74) is 1.13. The molecular formula is C16H15NO4S. The van der Waals surface area contributed by atoms with E-state index in [2.05, 4.69) is 5.32 Å². The van der Waals surface area contributed by atoms with E-state index >= 15 is 0 Å². The molecule has 1 aliphatic carbocycles. The van der Waals surface area contributed by atoms with E-state index in [4.69, 9.17) is 4.42 Å². The minimum absolute atomic E-state index is 0.249. The number of aromatic carboxylic acids is 1. The van der Waals surface area contributed by atoms with Crippen molar-refractivity contribution in [3.05, 3.63) is 46.2 Å². The third kappa shape index (κ3) is 2.96. The van der Waals surface area contributed by atoms with Gasteiger partial charge in [-0.2, -0.15) is 0 Å². The molecular weight excluding hydrogens is 302 g/mol. The molecule has 0 aliphatic heterocycles. The van der Waals surface area contributed by atoms with Gasteiger partial charge in [-0.3, -0.25) is 4.79 Å². The van der Waals surface area contributed by atoms with Gasteiger partial charge in [-0.05, 0) is 49.5 Å². The monoisotopic (exact) mass is 317 g/mol. The zero-order valence-electron chi connectivity index (χ0n) is 11.8. The number of amides is 1. The molecule has 6 heteroatoms. The molecule has 1 amide bonds. The Morgan fingerprint density at radius 3 is 2.86 bits per heavy atom. The van der Waals surface area contributed by atoms with Crippen LogP contribution < -0.4 is 5.32 Å². The quantitative estimate of drug-likeness (QED) is 0.845. The molecule has 0 atom stereocenters. The molecule has 0 spiro atoms. The van der Waals surface area contributed by atoms with Crippen LogP contribution in [0, 0.1) is 0 Å². The van der Waals surface area contributed by atoms with E-state index in [1.807, 2.05) is 0 Å². The van der Waals surface area contributed by atoms with Gasteiger partial charge >= 0.3 is 5.97 Å². The van der Waals surface area contributed by atoms with Crippen LogP contribution in [0.4, 0.5) is 5.00 Å². The average molecular weight is 317 g/mol. The normalized spacial score (nSPS) is 14.0. The van der Waals surface area contributed by atoms with Gasteiger partial charge in [0.1, 0.15) is 10.8 Å². The Balaban J connectivity index is 1.81. The number of aryl methyl sites for hydroxylation is 1. The molecule has 0 aromatic carbocycles. The summed E-state index contributed by atoms with van der Waals surface area (Å²) >= 11 is 1.37. The highest BCUT2D eigenvalue weighted by molar-refractivity contribution is 7.17. The van der Waals surface area contributed by atoms with Crippen LogP contribution >= 0.6 is 11.3 Å². The maximum atomic E-state index is 12.0. The molecule has 2 heterocycles. The zero-order valence-corrected chi connectivity index (χ0v) is 12.6. The molecule has 5 nitrogen and oxygen atoms in total. The van der Waals surface area contributed by atoms with Gasteiger partial charge in [-0.25, -0.2) is 4.79 Å². The predicted molar refractivity (Wildman–Crippen MR) is 84.3 cm³/mol. The zero-order chi connectivity index (χ0) is 15.5. The average Bonchev–Trinajstić information content (AvgIpc) is 3.11. The van der Waals surface area contributed by atoms with Crippen LogP contribution in [0.5, 0.6) is 0 Å². The van der Waals surface area contributed by atoms with Crippen LogP contribution in [-0.4, -0.2) is 17.0 Å². The number of anilines is 1. The highest BCUT2D eigenvalue weighted by atomic mass is 32.1. The fourth-order valence-electron chi connectivity index (χ4n) is 2.58. The van der Waals surface area contributed by atoms with E-state index in [9.17, 15) is 14.7 Å². The lowest BCUT2D eigenvalue weighted by molar-refractivity contribution is -0.111. The van der Waals surface area contributed by atoms with Crippen molar-refractivity contribution >= 4 is 34.3 Å². The van der Waals surface area contributed by atoms with E-state index in [-0.39, 0.29) is 11.5 Å². The smallest absolute Gasteiger partial charge is 0.339 e. The minimum Gasteiger partial charge on any atom is -0.478 e. The Morgan fingerprint density at radius 2 is 2.14 bits per heavy atom. The van der Waals surface area contributed by atoms with Crippen molar-refractivity contribution in [3.8, 4) is 0 Å². The van der Waals surface area contributed by atoms with Gasteiger partial charge in [-0.1, -0.05) is 0 Å². The number of rotatable bonds is 4. The predicted octanol–water partition coefficient (Wildman–Crippen LogP) is 3.57. The number of furan rings is 1. The molecule has 0 saturated heterocycles.